The molecule has 0 N–H and O–H groups in total. The molecule has 0 bridgehead atoms. The van der Waals surface area contributed by atoms with Gasteiger partial charge in [0, 0.05) is 12.1 Å². The fraction of sp³-hybridized carbons (Fsp3) is 0.0870. The Morgan fingerprint density at radius 3 is 1.79 bits per heavy atom. The first kappa shape index (κ1) is 14.6. The van der Waals surface area contributed by atoms with E-state index >= 15 is 0 Å². The highest BCUT2D eigenvalue weighted by molar-refractivity contribution is 6.13. The van der Waals surface area contributed by atoms with Crippen LogP contribution < -0.4 is 10.4 Å². The standard InChI is InChI=1S/C23H19N/c1-3-10-19(11-4-1)23(20-12-5-2-6-13-20)24-22-16-15-18-9-7-8-14-21(18)17-22/h1-15,17,23H,16H2. The van der Waals surface area contributed by atoms with Crippen LogP contribution in [-0.4, -0.2) is 5.71 Å². The van der Waals surface area contributed by atoms with Crippen molar-refractivity contribution < 1.29 is 0 Å². The minimum Gasteiger partial charge on any atom is -0.277 e. The van der Waals surface area contributed by atoms with Crippen molar-refractivity contribution in [3.63, 3.8) is 0 Å². The van der Waals surface area contributed by atoms with Crippen molar-refractivity contribution in [3.05, 3.63) is 106 Å². The van der Waals surface area contributed by atoms with Crippen molar-refractivity contribution in [1.29, 1.82) is 0 Å². The molecule has 116 valence electrons. The summed E-state index contributed by atoms with van der Waals surface area (Å²) in [6.07, 6.45) is 5.36. The van der Waals surface area contributed by atoms with Crippen molar-refractivity contribution in [1.82, 2.24) is 0 Å². The number of hydrogen-bond acceptors (Lipinski definition) is 1. The zero-order chi connectivity index (χ0) is 16.2. The summed E-state index contributed by atoms with van der Waals surface area (Å²) in [6, 6.07) is 29.6. The van der Waals surface area contributed by atoms with Gasteiger partial charge in [0.1, 0.15) is 6.04 Å². The third-order valence-electron chi connectivity index (χ3n) is 4.37. The summed E-state index contributed by atoms with van der Waals surface area (Å²) >= 11 is 0. The SMILES string of the molecule is C1=c2ccccc2=CC(=NC(c2ccccc2)c2ccccc2)C1. The summed E-state index contributed by atoms with van der Waals surface area (Å²) in [5.41, 5.74) is 3.58. The van der Waals surface area contributed by atoms with E-state index in [0.29, 0.717) is 0 Å². The van der Waals surface area contributed by atoms with Crippen LogP contribution >= 0.6 is 0 Å². The van der Waals surface area contributed by atoms with Gasteiger partial charge in [0.25, 0.3) is 0 Å². The Morgan fingerprint density at radius 2 is 1.17 bits per heavy atom. The van der Waals surface area contributed by atoms with E-state index in [9.17, 15) is 0 Å². The second-order valence-corrected chi connectivity index (χ2v) is 6.03. The fourth-order valence-corrected chi connectivity index (χ4v) is 3.15. The molecule has 0 heterocycles. The molecule has 0 radical (unpaired) electrons. The van der Waals surface area contributed by atoms with E-state index in [1.54, 1.807) is 0 Å². The summed E-state index contributed by atoms with van der Waals surface area (Å²) in [6.45, 7) is 0. The van der Waals surface area contributed by atoms with Crippen molar-refractivity contribution in [2.75, 3.05) is 0 Å². The minimum absolute atomic E-state index is 0.0392. The molecule has 3 aromatic rings. The van der Waals surface area contributed by atoms with Gasteiger partial charge in [-0.2, -0.15) is 0 Å². The molecule has 0 saturated carbocycles. The number of aliphatic imine (C=N–C) groups is 1. The van der Waals surface area contributed by atoms with Crippen LogP contribution in [-0.2, 0) is 0 Å². The van der Waals surface area contributed by atoms with Crippen LogP contribution in [0.3, 0.4) is 0 Å². The number of nitrogens with zero attached hydrogens (tertiary/aromatic N) is 1. The maximum absolute atomic E-state index is 5.10. The maximum atomic E-state index is 5.10. The highest BCUT2D eigenvalue weighted by Crippen LogP contribution is 2.26. The molecule has 0 fully saturated rings. The van der Waals surface area contributed by atoms with Gasteiger partial charge in [-0.1, -0.05) is 91.0 Å². The second kappa shape index (κ2) is 6.67. The normalized spacial score (nSPS) is 14.8. The van der Waals surface area contributed by atoms with Gasteiger partial charge in [-0.3, -0.25) is 4.99 Å². The zero-order valence-electron chi connectivity index (χ0n) is 13.5. The molecule has 1 heteroatoms. The van der Waals surface area contributed by atoms with Crippen molar-refractivity contribution >= 4 is 17.9 Å². The van der Waals surface area contributed by atoms with Crippen LogP contribution in [0.1, 0.15) is 23.6 Å². The smallest absolute Gasteiger partial charge is 0.100 e. The largest absolute Gasteiger partial charge is 0.277 e. The zero-order valence-corrected chi connectivity index (χ0v) is 13.5. The second-order valence-electron chi connectivity index (χ2n) is 6.03. The lowest BCUT2D eigenvalue weighted by atomic mass is 9.98. The average Bonchev–Trinajstić information content (AvgIpc) is 2.67. The van der Waals surface area contributed by atoms with E-state index < -0.39 is 0 Å². The van der Waals surface area contributed by atoms with Crippen LogP contribution in [0.4, 0.5) is 0 Å². The van der Waals surface area contributed by atoms with Gasteiger partial charge in [-0.25, -0.2) is 0 Å². The lowest BCUT2D eigenvalue weighted by molar-refractivity contribution is 0.872. The lowest BCUT2D eigenvalue weighted by Gasteiger charge is -2.16. The predicted molar refractivity (Wildman–Crippen MR) is 101 cm³/mol. The molecule has 0 saturated heterocycles. The molecular formula is C23H19N. The van der Waals surface area contributed by atoms with Crippen molar-refractivity contribution in [2.24, 2.45) is 4.99 Å². The van der Waals surface area contributed by atoms with Crippen LogP contribution in [0.25, 0.3) is 12.2 Å². The van der Waals surface area contributed by atoms with Gasteiger partial charge in [0.2, 0.25) is 0 Å². The summed E-state index contributed by atoms with van der Waals surface area (Å²) in [5.74, 6) is 0. The van der Waals surface area contributed by atoms with E-state index in [0.717, 1.165) is 12.1 Å². The molecule has 3 aromatic carbocycles. The van der Waals surface area contributed by atoms with Gasteiger partial charge in [-0.15, -0.1) is 0 Å². The molecular weight excluding hydrogens is 290 g/mol. The maximum Gasteiger partial charge on any atom is 0.100 e. The van der Waals surface area contributed by atoms with Gasteiger partial charge < -0.3 is 0 Å². The number of benzene rings is 3. The number of fused-ring (bicyclic) bond motifs is 1. The van der Waals surface area contributed by atoms with Crippen LogP contribution in [0.15, 0.2) is 89.9 Å². The molecule has 24 heavy (non-hydrogen) atoms. The summed E-state index contributed by atoms with van der Waals surface area (Å²) in [5, 5.41) is 2.55. The Kier molecular flexibility index (Phi) is 4.07. The number of rotatable bonds is 3. The summed E-state index contributed by atoms with van der Waals surface area (Å²) in [7, 11) is 0. The molecule has 0 aromatic heterocycles. The fourth-order valence-electron chi connectivity index (χ4n) is 3.15. The first-order valence-corrected chi connectivity index (χ1v) is 8.34. The Balaban J connectivity index is 1.80. The molecule has 1 nitrogen and oxygen atoms in total. The molecule has 0 amide bonds. The highest BCUT2D eigenvalue weighted by atomic mass is 14.8. The topological polar surface area (TPSA) is 12.4 Å². The quantitative estimate of drug-likeness (QED) is 0.696. The van der Waals surface area contributed by atoms with Crippen molar-refractivity contribution in [2.45, 2.75) is 12.5 Å². The van der Waals surface area contributed by atoms with Gasteiger partial charge in [0.15, 0.2) is 0 Å². The van der Waals surface area contributed by atoms with Gasteiger partial charge >= 0.3 is 0 Å². The molecule has 1 aliphatic rings. The average molecular weight is 309 g/mol. The molecule has 0 unspecified atom stereocenters. The van der Waals surface area contributed by atoms with E-state index in [1.165, 1.54) is 21.6 Å². The molecule has 0 spiro atoms. The van der Waals surface area contributed by atoms with Crippen LogP contribution in [0.2, 0.25) is 0 Å². The molecule has 4 rings (SSSR count). The third-order valence-corrected chi connectivity index (χ3v) is 4.37. The molecule has 0 aliphatic heterocycles. The highest BCUT2D eigenvalue weighted by Gasteiger charge is 2.13. The van der Waals surface area contributed by atoms with Gasteiger partial charge in [0.05, 0.1) is 0 Å². The Hall–Kier alpha value is -2.93. The predicted octanol–water partition coefficient (Wildman–Crippen LogP) is 3.88. The van der Waals surface area contributed by atoms with Crippen molar-refractivity contribution in [3.8, 4) is 0 Å². The first-order valence-electron chi connectivity index (χ1n) is 8.34. The van der Waals surface area contributed by atoms with E-state index in [1.807, 2.05) is 0 Å². The Morgan fingerprint density at radius 1 is 0.625 bits per heavy atom. The van der Waals surface area contributed by atoms with E-state index in [4.69, 9.17) is 4.99 Å². The molecule has 1 aliphatic carbocycles. The summed E-state index contributed by atoms with van der Waals surface area (Å²) < 4.78 is 0. The monoisotopic (exact) mass is 309 g/mol. The summed E-state index contributed by atoms with van der Waals surface area (Å²) in [4.78, 5) is 5.10. The van der Waals surface area contributed by atoms with Gasteiger partial charge in [-0.05, 0) is 27.6 Å². The Bertz CT molecular complexity index is 930. The number of hydrogen-bond donors (Lipinski definition) is 0. The Labute approximate surface area is 142 Å². The van der Waals surface area contributed by atoms with E-state index in [-0.39, 0.29) is 6.04 Å². The van der Waals surface area contributed by atoms with Crippen LogP contribution in [0.5, 0.6) is 0 Å². The first-order chi connectivity index (χ1) is 11.9. The third kappa shape index (κ3) is 3.07. The van der Waals surface area contributed by atoms with Crippen LogP contribution in [0, 0.1) is 0 Å². The van der Waals surface area contributed by atoms with E-state index in [2.05, 4.69) is 97.1 Å². The molecule has 0 atom stereocenters. The lowest BCUT2D eigenvalue weighted by Crippen LogP contribution is -2.28. The minimum atomic E-state index is 0.0392.